The molecule has 0 aliphatic carbocycles. The largest absolute Gasteiger partial charge is 0.353 e. The van der Waals surface area contributed by atoms with Gasteiger partial charge in [0.2, 0.25) is 5.91 Å². The van der Waals surface area contributed by atoms with E-state index >= 15 is 0 Å². The minimum Gasteiger partial charge on any atom is -0.353 e. The summed E-state index contributed by atoms with van der Waals surface area (Å²) in [5, 5.41) is 4.22. The molecule has 1 atom stereocenters. The van der Waals surface area contributed by atoms with Crippen LogP contribution in [0.3, 0.4) is 0 Å². The Morgan fingerprint density at radius 1 is 0.853 bits per heavy atom. The summed E-state index contributed by atoms with van der Waals surface area (Å²) in [6, 6.07) is 18.5. The van der Waals surface area contributed by atoms with Gasteiger partial charge in [-0.1, -0.05) is 47.5 Å². The molecule has 1 saturated heterocycles. The molecule has 34 heavy (non-hydrogen) atoms. The predicted octanol–water partition coefficient (Wildman–Crippen LogP) is 6.60. The van der Waals surface area contributed by atoms with Crippen molar-refractivity contribution in [3.63, 3.8) is 0 Å². The molecule has 4 rings (SSSR count). The number of carbonyl (C=O) groups is 1. The van der Waals surface area contributed by atoms with Gasteiger partial charge in [-0.15, -0.1) is 0 Å². The number of likely N-dealkylation sites (tertiary alicyclic amines) is 1. The molecular weight excluding hydrogens is 477 g/mol. The van der Waals surface area contributed by atoms with Crippen molar-refractivity contribution in [1.82, 2.24) is 10.2 Å². The Morgan fingerprint density at radius 2 is 1.32 bits per heavy atom. The number of carbonyl (C=O) groups excluding carboxylic acids is 1. The molecule has 0 radical (unpaired) electrons. The second kappa shape index (κ2) is 10.4. The molecule has 7 heteroatoms. The SMILES string of the molecule is CC(C)NC(=O)C(c1cc(F)cc(F)c1)C1CN(C(c2ccc(Cl)cc2)c2ccc(Cl)cc2)C1. The van der Waals surface area contributed by atoms with Gasteiger partial charge in [-0.2, -0.15) is 0 Å². The molecule has 1 amide bonds. The molecular formula is C27H26Cl2F2N2O. The van der Waals surface area contributed by atoms with Gasteiger partial charge < -0.3 is 5.32 Å². The summed E-state index contributed by atoms with van der Waals surface area (Å²) in [6.45, 7) is 4.91. The van der Waals surface area contributed by atoms with E-state index in [0.29, 0.717) is 28.7 Å². The minimum atomic E-state index is -0.686. The van der Waals surface area contributed by atoms with Crippen molar-refractivity contribution in [2.45, 2.75) is 31.8 Å². The van der Waals surface area contributed by atoms with Crippen molar-refractivity contribution >= 4 is 29.1 Å². The van der Waals surface area contributed by atoms with Gasteiger partial charge in [0.1, 0.15) is 11.6 Å². The van der Waals surface area contributed by atoms with Crippen molar-refractivity contribution in [3.05, 3.63) is 105 Å². The van der Waals surface area contributed by atoms with Crippen LogP contribution >= 0.6 is 23.2 Å². The van der Waals surface area contributed by atoms with Crippen LogP contribution in [0.5, 0.6) is 0 Å². The normalized spacial score (nSPS) is 15.4. The van der Waals surface area contributed by atoms with Gasteiger partial charge in [-0.05, 0) is 66.9 Å². The van der Waals surface area contributed by atoms with E-state index in [2.05, 4.69) is 10.2 Å². The lowest BCUT2D eigenvalue weighted by Gasteiger charge is -2.47. The standard InChI is InChI=1S/C27H26Cl2F2N2O/c1-16(2)32-27(34)25(19-11-23(30)13-24(31)12-19)20-14-33(15-20)26(17-3-7-21(28)8-4-17)18-5-9-22(29)10-6-18/h3-13,16,20,25-26H,14-15H2,1-2H3,(H,32,34). The topological polar surface area (TPSA) is 32.3 Å². The monoisotopic (exact) mass is 502 g/mol. The van der Waals surface area contributed by atoms with Crippen molar-refractivity contribution < 1.29 is 13.6 Å². The fourth-order valence-electron chi connectivity index (χ4n) is 4.64. The Balaban J connectivity index is 1.63. The van der Waals surface area contributed by atoms with Gasteiger partial charge in [0, 0.05) is 41.2 Å². The van der Waals surface area contributed by atoms with Crippen LogP contribution in [0.4, 0.5) is 8.78 Å². The maximum Gasteiger partial charge on any atom is 0.228 e. The number of hydrogen-bond donors (Lipinski definition) is 1. The molecule has 0 aromatic heterocycles. The van der Waals surface area contributed by atoms with Crippen LogP contribution in [0, 0.1) is 17.6 Å². The van der Waals surface area contributed by atoms with Gasteiger partial charge in [0.05, 0.1) is 12.0 Å². The second-order valence-corrected chi connectivity index (χ2v) is 9.94. The van der Waals surface area contributed by atoms with Crippen molar-refractivity contribution in [1.29, 1.82) is 0 Å². The molecule has 3 aromatic carbocycles. The fraction of sp³-hybridized carbons (Fsp3) is 0.296. The maximum absolute atomic E-state index is 14.0. The molecule has 0 spiro atoms. The molecule has 0 bridgehead atoms. The summed E-state index contributed by atoms with van der Waals surface area (Å²) in [4.78, 5) is 15.4. The summed E-state index contributed by atoms with van der Waals surface area (Å²) in [5.74, 6) is -2.34. The second-order valence-electron chi connectivity index (χ2n) is 9.06. The Labute approximate surface area is 208 Å². The van der Waals surface area contributed by atoms with Crippen molar-refractivity contribution in [2.24, 2.45) is 5.92 Å². The van der Waals surface area contributed by atoms with E-state index in [4.69, 9.17) is 23.2 Å². The number of nitrogens with one attached hydrogen (secondary N) is 1. The third kappa shape index (κ3) is 5.60. The summed E-state index contributed by atoms with van der Waals surface area (Å²) >= 11 is 12.2. The molecule has 178 valence electrons. The Kier molecular flexibility index (Phi) is 7.56. The van der Waals surface area contributed by atoms with E-state index in [9.17, 15) is 13.6 Å². The molecule has 0 saturated carbocycles. The first kappa shape index (κ1) is 24.6. The van der Waals surface area contributed by atoms with Gasteiger partial charge >= 0.3 is 0 Å². The molecule has 1 fully saturated rings. The smallest absolute Gasteiger partial charge is 0.228 e. The average Bonchev–Trinajstić information content (AvgIpc) is 2.73. The lowest BCUT2D eigenvalue weighted by molar-refractivity contribution is -0.126. The van der Waals surface area contributed by atoms with E-state index in [0.717, 1.165) is 17.2 Å². The lowest BCUT2D eigenvalue weighted by atomic mass is 9.78. The van der Waals surface area contributed by atoms with E-state index < -0.39 is 17.6 Å². The van der Waals surface area contributed by atoms with Crippen LogP contribution in [0.1, 0.15) is 42.5 Å². The van der Waals surface area contributed by atoms with Crippen LogP contribution in [0.15, 0.2) is 66.7 Å². The molecule has 1 unspecified atom stereocenters. The highest BCUT2D eigenvalue weighted by Crippen LogP contribution is 2.40. The van der Waals surface area contributed by atoms with Crippen LogP contribution in [0.25, 0.3) is 0 Å². The molecule has 1 heterocycles. The van der Waals surface area contributed by atoms with E-state index in [-0.39, 0.29) is 23.9 Å². The number of hydrogen-bond acceptors (Lipinski definition) is 2. The van der Waals surface area contributed by atoms with Crippen molar-refractivity contribution in [2.75, 3.05) is 13.1 Å². The van der Waals surface area contributed by atoms with Crippen molar-refractivity contribution in [3.8, 4) is 0 Å². The Bertz CT molecular complexity index is 1080. The number of halogens is 4. The maximum atomic E-state index is 14.0. The number of benzene rings is 3. The summed E-state index contributed by atoms with van der Waals surface area (Å²) in [6.07, 6.45) is 0. The fourth-order valence-corrected chi connectivity index (χ4v) is 4.89. The van der Waals surface area contributed by atoms with Crippen LogP contribution < -0.4 is 5.32 Å². The van der Waals surface area contributed by atoms with Crippen LogP contribution in [-0.2, 0) is 4.79 Å². The van der Waals surface area contributed by atoms with E-state index in [1.807, 2.05) is 62.4 Å². The minimum absolute atomic E-state index is 0.0659. The van der Waals surface area contributed by atoms with Gasteiger partial charge in [-0.3, -0.25) is 9.69 Å². The predicted molar refractivity (Wildman–Crippen MR) is 132 cm³/mol. The molecule has 1 N–H and O–H groups in total. The first-order valence-electron chi connectivity index (χ1n) is 11.2. The molecule has 3 nitrogen and oxygen atoms in total. The summed E-state index contributed by atoms with van der Waals surface area (Å²) < 4.78 is 28.0. The summed E-state index contributed by atoms with van der Waals surface area (Å²) in [5.41, 5.74) is 2.48. The highest BCUT2D eigenvalue weighted by Gasteiger charge is 2.42. The lowest BCUT2D eigenvalue weighted by Crippen LogP contribution is -2.54. The number of rotatable bonds is 7. The number of amides is 1. The van der Waals surface area contributed by atoms with Crippen LogP contribution in [0.2, 0.25) is 10.0 Å². The number of nitrogens with zero attached hydrogens (tertiary/aromatic N) is 1. The Morgan fingerprint density at radius 3 is 1.76 bits per heavy atom. The molecule has 1 aliphatic rings. The average molecular weight is 503 g/mol. The van der Waals surface area contributed by atoms with Gasteiger partial charge in [0.15, 0.2) is 0 Å². The Hall–Kier alpha value is -2.47. The molecule has 1 aliphatic heterocycles. The third-order valence-corrected chi connectivity index (χ3v) is 6.61. The highest BCUT2D eigenvalue weighted by molar-refractivity contribution is 6.30. The van der Waals surface area contributed by atoms with Gasteiger partial charge in [-0.25, -0.2) is 8.78 Å². The zero-order chi connectivity index (χ0) is 24.4. The summed E-state index contributed by atoms with van der Waals surface area (Å²) in [7, 11) is 0. The third-order valence-electron chi connectivity index (χ3n) is 6.10. The quantitative estimate of drug-likeness (QED) is 0.394. The van der Waals surface area contributed by atoms with Gasteiger partial charge in [0.25, 0.3) is 0 Å². The zero-order valence-corrected chi connectivity index (χ0v) is 20.5. The van der Waals surface area contributed by atoms with Crippen LogP contribution in [-0.4, -0.2) is 29.9 Å². The highest BCUT2D eigenvalue weighted by atomic mass is 35.5. The zero-order valence-electron chi connectivity index (χ0n) is 18.9. The van der Waals surface area contributed by atoms with E-state index in [1.165, 1.54) is 12.1 Å². The molecule has 3 aromatic rings. The van der Waals surface area contributed by atoms with E-state index in [1.54, 1.807) is 0 Å². The first-order valence-corrected chi connectivity index (χ1v) is 12.0. The first-order chi connectivity index (χ1) is 16.2.